The lowest BCUT2D eigenvalue weighted by molar-refractivity contribution is -0.143. The summed E-state index contributed by atoms with van der Waals surface area (Å²) in [5.74, 6) is -1.48. The summed E-state index contributed by atoms with van der Waals surface area (Å²) in [4.78, 5) is 26.3. The molecule has 2 atom stereocenters. The lowest BCUT2D eigenvalue weighted by atomic mass is 10.1. The van der Waals surface area contributed by atoms with Crippen molar-refractivity contribution >= 4 is 23.2 Å². The van der Waals surface area contributed by atoms with Crippen LogP contribution in [0.3, 0.4) is 0 Å². The largest absolute Gasteiger partial charge is 0.481 e. The minimum absolute atomic E-state index is 0.0538. The maximum absolute atomic E-state index is 12.5. The molecule has 0 bridgehead atoms. The second kappa shape index (κ2) is 5.74. The van der Waals surface area contributed by atoms with Gasteiger partial charge in [-0.05, 0) is 31.2 Å². The molecular formula is C14H19NO3S. The number of hydrogen-bond acceptors (Lipinski definition) is 3. The lowest BCUT2D eigenvalue weighted by Crippen LogP contribution is -2.40. The number of amides is 1. The van der Waals surface area contributed by atoms with Crippen LogP contribution in [-0.2, 0) is 9.59 Å². The third-order valence-corrected chi connectivity index (χ3v) is 4.56. The Hall–Kier alpha value is -1.36. The van der Waals surface area contributed by atoms with Crippen LogP contribution >= 0.6 is 11.3 Å². The van der Waals surface area contributed by atoms with E-state index in [9.17, 15) is 9.59 Å². The van der Waals surface area contributed by atoms with Crippen molar-refractivity contribution in [1.29, 1.82) is 0 Å². The van der Waals surface area contributed by atoms with E-state index in [1.165, 1.54) is 0 Å². The predicted molar refractivity (Wildman–Crippen MR) is 74.3 cm³/mol. The molecule has 19 heavy (non-hydrogen) atoms. The molecule has 104 valence electrons. The lowest BCUT2D eigenvalue weighted by Gasteiger charge is -2.27. The van der Waals surface area contributed by atoms with Gasteiger partial charge in [-0.25, -0.2) is 0 Å². The van der Waals surface area contributed by atoms with Crippen molar-refractivity contribution in [3.8, 4) is 0 Å². The molecule has 0 radical (unpaired) electrons. The van der Waals surface area contributed by atoms with Crippen molar-refractivity contribution in [2.45, 2.75) is 38.6 Å². The van der Waals surface area contributed by atoms with Crippen LogP contribution in [0.5, 0.6) is 0 Å². The molecular weight excluding hydrogens is 262 g/mol. The van der Waals surface area contributed by atoms with E-state index in [2.05, 4.69) is 0 Å². The summed E-state index contributed by atoms with van der Waals surface area (Å²) >= 11 is 1.57. The van der Waals surface area contributed by atoms with E-state index in [4.69, 9.17) is 5.11 Å². The van der Waals surface area contributed by atoms with Crippen molar-refractivity contribution in [1.82, 2.24) is 4.90 Å². The normalized spacial score (nSPS) is 17.8. The Morgan fingerprint density at radius 1 is 1.47 bits per heavy atom. The molecule has 5 heteroatoms. The molecule has 0 aromatic carbocycles. The zero-order valence-electron chi connectivity index (χ0n) is 11.2. The number of carboxylic acid groups (broad SMARTS) is 1. The summed E-state index contributed by atoms with van der Waals surface area (Å²) in [6, 6.07) is 4.14. The number of carbonyl (C=O) groups is 2. The van der Waals surface area contributed by atoms with Crippen LogP contribution in [0.15, 0.2) is 17.5 Å². The van der Waals surface area contributed by atoms with Gasteiger partial charge in [0.15, 0.2) is 0 Å². The van der Waals surface area contributed by atoms with E-state index in [1.807, 2.05) is 24.4 Å². The first-order chi connectivity index (χ1) is 9.00. The number of aliphatic carboxylic acids is 1. The molecule has 4 nitrogen and oxygen atoms in total. The summed E-state index contributed by atoms with van der Waals surface area (Å²) in [6.45, 7) is 3.87. The Morgan fingerprint density at radius 3 is 2.63 bits per heavy atom. The van der Waals surface area contributed by atoms with E-state index in [1.54, 1.807) is 23.2 Å². The topological polar surface area (TPSA) is 57.6 Å². The van der Waals surface area contributed by atoms with E-state index in [0.29, 0.717) is 6.54 Å². The zero-order valence-corrected chi connectivity index (χ0v) is 12.0. The summed E-state index contributed by atoms with van der Waals surface area (Å²) in [5.41, 5.74) is 0. The van der Waals surface area contributed by atoms with E-state index < -0.39 is 11.9 Å². The van der Waals surface area contributed by atoms with E-state index in [-0.39, 0.29) is 17.9 Å². The molecule has 0 saturated heterocycles. The Kier molecular flexibility index (Phi) is 4.24. The number of carboxylic acids is 1. The van der Waals surface area contributed by atoms with Gasteiger partial charge >= 0.3 is 5.97 Å². The summed E-state index contributed by atoms with van der Waals surface area (Å²) in [7, 11) is 0. The number of nitrogens with zero attached hydrogens (tertiary/aromatic N) is 1. The van der Waals surface area contributed by atoms with Gasteiger partial charge in [0.2, 0.25) is 5.91 Å². The van der Waals surface area contributed by atoms with Crippen molar-refractivity contribution in [3.05, 3.63) is 22.4 Å². The van der Waals surface area contributed by atoms with Gasteiger partial charge in [0.1, 0.15) is 0 Å². The molecule has 1 heterocycles. The molecule has 1 aliphatic rings. The first-order valence-electron chi connectivity index (χ1n) is 6.57. The molecule has 1 aromatic heterocycles. The zero-order chi connectivity index (χ0) is 14.0. The monoisotopic (exact) mass is 281 g/mol. The second-order valence-corrected chi connectivity index (χ2v) is 6.18. The molecule has 2 rings (SSSR count). The highest BCUT2D eigenvalue weighted by molar-refractivity contribution is 7.10. The fourth-order valence-corrected chi connectivity index (χ4v) is 2.86. The van der Waals surface area contributed by atoms with Crippen LogP contribution < -0.4 is 0 Å². The molecule has 1 aromatic rings. The van der Waals surface area contributed by atoms with Gasteiger partial charge < -0.3 is 10.0 Å². The molecule has 1 N–H and O–H groups in total. The molecule has 1 saturated carbocycles. The highest BCUT2D eigenvalue weighted by Crippen LogP contribution is 2.32. The summed E-state index contributed by atoms with van der Waals surface area (Å²) in [5, 5.41) is 11.0. The fraction of sp³-hybridized carbons (Fsp3) is 0.571. The Morgan fingerprint density at radius 2 is 2.16 bits per heavy atom. The van der Waals surface area contributed by atoms with Crippen LogP contribution in [0.1, 0.15) is 37.5 Å². The minimum atomic E-state index is -0.845. The molecule has 2 unspecified atom stereocenters. The maximum Gasteiger partial charge on any atom is 0.308 e. The number of thiophene rings is 1. The summed E-state index contributed by atoms with van der Waals surface area (Å²) in [6.07, 6.45) is 1.99. The number of hydrogen-bond donors (Lipinski definition) is 1. The van der Waals surface area contributed by atoms with Crippen molar-refractivity contribution in [2.75, 3.05) is 6.54 Å². The third-order valence-electron chi connectivity index (χ3n) is 3.50. The molecule has 1 fully saturated rings. The van der Waals surface area contributed by atoms with Crippen molar-refractivity contribution in [2.24, 2.45) is 5.92 Å². The fourth-order valence-electron chi connectivity index (χ4n) is 2.09. The second-order valence-electron chi connectivity index (χ2n) is 5.20. The van der Waals surface area contributed by atoms with Crippen LogP contribution in [0.2, 0.25) is 0 Å². The first kappa shape index (κ1) is 14.1. The van der Waals surface area contributed by atoms with Gasteiger partial charge in [0.25, 0.3) is 0 Å². The van der Waals surface area contributed by atoms with E-state index >= 15 is 0 Å². The first-order valence-corrected chi connectivity index (χ1v) is 7.45. The van der Waals surface area contributed by atoms with Gasteiger partial charge in [-0.1, -0.05) is 13.0 Å². The average Bonchev–Trinajstić information content (AvgIpc) is 3.07. The van der Waals surface area contributed by atoms with Gasteiger partial charge in [-0.3, -0.25) is 9.59 Å². The van der Waals surface area contributed by atoms with Crippen LogP contribution in [-0.4, -0.2) is 34.5 Å². The van der Waals surface area contributed by atoms with E-state index in [0.717, 1.165) is 17.7 Å². The number of rotatable bonds is 6. The van der Waals surface area contributed by atoms with Gasteiger partial charge in [-0.2, -0.15) is 0 Å². The highest BCUT2D eigenvalue weighted by Gasteiger charge is 2.36. The smallest absolute Gasteiger partial charge is 0.308 e. The highest BCUT2D eigenvalue weighted by atomic mass is 32.1. The number of carbonyl (C=O) groups excluding carboxylic acids is 1. The summed E-state index contributed by atoms with van der Waals surface area (Å²) < 4.78 is 0. The molecule has 1 aliphatic carbocycles. The molecule has 1 amide bonds. The van der Waals surface area contributed by atoms with Gasteiger partial charge in [0.05, 0.1) is 11.8 Å². The standard InChI is InChI=1S/C14H19NO3S/c1-9(14(17)18)8-15(11-5-6-11)13(16)10(2)12-4-3-7-19-12/h3-4,7,9-11H,5-6,8H2,1-2H3,(H,17,18). The van der Waals surface area contributed by atoms with Gasteiger partial charge in [-0.15, -0.1) is 11.3 Å². The Labute approximate surface area is 117 Å². The van der Waals surface area contributed by atoms with Crippen molar-refractivity contribution < 1.29 is 14.7 Å². The Bertz CT molecular complexity index is 453. The average molecular weight is 281 g/mol. The third kappa shape index (κ3) is 3.35. The minimum Gasteiger partial charge on any atom is -0.481 e. The Balaban J connectivity index is 2.06. The molecule has 0 aliphatic heterocycles. The maximum atomic E-state index is 12.5. The van der Waals surface area contributed by atoms with Gasteiger partial charge in [0, 0.05) is 17.5 Å². The molecule has 0 spiro atoms. The van der Waals surface area contributed by atoms with Crippen LogP contribution in [0, 0.1) is 5.92 Å². The van der Waals surface area contributed by atoms with Crippen LogP contribution in [0.25, 0.3) is 0 Å². The predicted octanol–water partition coefficient (Wildman–Crippen LogP) is 2.56. The van der Waals surface area contributed by atoms with Crippen LogP contribution in [0.4, 0.5) is 0 Å². The van der Waals surface area contributed by atoms with Crippen molar-refractivity contribution in [3.63, 3.8) is 0 Å². The SMILES string of the molecule is CC(CN(C(=O)C(C)c1cccs1)C1CC1)C(=O)O. The quantitative estimate of drug-likeness (QED) is 0.872.